The number of hydrogen-bond donors (Lipinski definition) is 2. The Kier molecular flexibility index (Phi) is 6.56. The molecular weight excluding hydrogens is 348 g/mol. The van der Waals surface area contributed by atoms with Crippen molar-refractivity contribution in [2.24, 2.45) is 0 Å². The first kappa shape index (κ1) is 20.1. The van der Waals surface area contributed by atoms with Crippen LogP contribution in [0, 0.1) is 0 Å². The molecule has 0 aliphatic carbocycles. The summed E-state index contributed by atoms with van der Waals surface area (Å²) in [5.41, 5.74) is 2.21. The van der Waals surface area contributed by atoms with E-state index in [1.807, 2.05) is 31.2 Å². The van der Waals surface area contributed by atoms with Gasteiger partial charge in [-0.25, -0.2) is 8.42 Å². The third kappa shape index (κ3) is 5.16. The second kappa shape index (κ2) is 8.47. The zero-order valence-corrected chi connectivity index (χ0v) is 16.4. The Morgan fingerprint density at radius 1 is 0.846 bits per heavy atom. The van der Waals surface area contributed by atoms with Crippen LogP contribution in [0.3, 0.4) is 0 Å². The standard InChI is InChI=1S/C20H26N2O3S/c1-14(2)17-10-12-18(13-11-17)15(3)21-20(23)16(4)22-26(24,25)19-8-6-5-7-9-19/h5-16,22H,1-4H3,(H,21,23)/t15-,16-/m0/s1. The van der Waals surface area contributed by atoms with E-state index in [9.17, 15) is 13.2 Å². The fraction of sp³-hybridized carbons (Fsp3) is 0.350. The average molecular weight is 375 g/mol. The van der Waals surface area contributed by atoms with E-state index in [-0.39, 0.29) is 16.8 Å². The van der Waals surface area contributed by atoms with Gasteiger partial charge in [0.2, 0.25) is 15.9 Å². The molecule has 5 nitrogen and oxygen atoms in total. The van der Waals surface area contributed by atoms with Gasteiger partial charge in [0, 0.05) is 0 Å². The molecule has 0 saturated carbocycles. The van der Waals surface area contributed by atoms with Crippen molar-refractivity contribution in [2.45, 2.75) is 50.6 Å². The van der Waals surface area contributed by atoms with Gasteiger partial charge in [-0.2, -0.15) is 4.72 Å². The number of carbonyl (C=O) groups excluding carboxylic acids is 1. The average Bonchev–Trinajstić information content (AvgIpc) is 2.62. The highest BCUT2D eigenvalue weighted by Crippen LogP contribution is 2.18. The minimum Gasteiger partial charge on any atom is -0.348 e. The van der Waals surface area contributed by atoms with E-state index in [1.165, 1.54) is 24.6 Å². The largest absolute Gasteiger partial charge is 0.348 e. The van der Waals surface area contributed by atoms with Crippen LogP contribution in [0.15, 0.2) is 59.5 Å². The zero-order chi connectivity index (χ0) is 19.3. The molecule has 2 aromatic carbocycles. The molecule has 26 heavy (non-hydrogen) atoms. The highest BCUT2D eigenvalue weighted by atomic mass is 32.2. The number of nitrogens with one attached hydrogen (secondary N) is 2. The van der Waals surface area contributed by atoms with Gasteiger partial charge >= 0.3 is 0 Å². The fourth-order valence-corrected chi connectivity index (χ4v) is 3.77. The van der Waals surface area contributed by atoms with Crippen molar-refractivity contribution in [1.82, 2.24) is 10.0 Å². The lowest BCUT2D eigenvalue weighted by molar-refractivity contribution is -0.123. The molecule has 6 heteroatoms. The van der Waals surface area contributed by atoms with Gasteiger partial charge in [-0.05, 0) is 43.0 Å². The fourth-order valence-electron chi connectivity index (χ4n) is 2.55. The van der Waals surface area contributed by atoms with Crippen LogP contribution in [-0.2, 0) is 14.8 Å². The molecule has 0 radical (unpaired) electrons. The Hall–Kier alpha value is -2.18. The monoisotopic (exact) mass is 374 g/mol. The van der Waals surface area contributed by atoms with Gasteiger partial charge in [-0.1, -0.05) is 56.3 Å². The second-order valence-corrected chi connectivity index (χ2v) is 8.42. The maximum Gasteiger partial charge on any atom is 0.241 e. The summed E-state index contributed by atoms with van der Waals surface area (Å²) in [4.78, 5) is 12.5. The summed E-state index contributed by atoms with van der Waals surface area (Å²) in [5.74, 6) is 0.0753. The van der Waals surface area contributed by atoms with Crippen molar-refractivity contribution in [2.75, 3.05) is 0 Å². The van der Waals surface area contributed by atoms with Crippen LogP contribution in [0.4, 0.5) is 0 Å². The van der Waals surface area contributed by atoms with Gasteiger partial charge in [-0.3, -0.25) is 4.79 Å². The van der Waals surface area contributed by atoms with Crippen LogP contribution in [0.5, 0.6) is 0 Å². The molecule has 2 atom stereocenters. The van der Waals surface area contributed by atoms with Gasteiger partial charge in [0.1, 0.15) is 0 Å². The lowest BCUT2D eigenvalue weighted by Gasteiger charge is -2.19. The number of amides is 1. The lowest BCUT2D eigenvalue weighted by Crippen LogP contribution is -2.45. The van der Waals surface area contributed by atoms with Crippen molar-refractivity contribution in [3.8, 4) is 0 Å². The second-order valence-electron chi connectivity index (χ2n) is 6.71. The van der Waals surface area contributed by atoms with Crippen LogP contribution in [-0.4, -0.2) is 20.4 Å². The van der Waals surface area contributed by atoms with Crippen LogP contribution in [0.2, 0.25) is 0 Å². The summed E-state index contributed by atoms with van der Waals surface area (Å²) < 4.78 is 27.0. The Labute approximate surface area is 155 Å². The van der Waals surface area contributed by atoms with E-state index in [0.29, 0.717) is 5.92 Å². The van der Waals surface area contributed by atoms with Crippen LogP contribution in [0.1, 0.15) is 50.8 Å². The molecule has 140 valence electrons. The molecule has 0 heterocycles. The van der Waals surface area contributed by atoms with Crippen molar-refractivity contribution < 1.29 is 13.2 Å². The van der Waals surface area contributed by atoms with E-state index in [1.54, 1.807) is 18.2 Å². The summed E-state index contributed by atoms with van der Waals surface area (Å²) in [5, 5.41) is 2.85. The normalized spacial score (nSPS) is 14.0. The summed E-state index contributed by atoms with van der Waals surface area (Å²) >= 11 is 0. The smallest absolute Gasteiger partial charge is 0.241 e. The molecule has 0 aliphatic rings. The highest BCUT2D eigenvalue weighted by Gasteiger charge is 2.23. The van der Waals surface area contributed by atoms with E-state index in [4.69, 9.17) is 0 Å². The summed E-state index contributed by atoms with van der Waals surface area (Å²) in [6.07, 6.45) is 0. The minimum atomic E-state index is -3.73. The minimum absolute atomic E-state index is 0.136. The predicted octanol–water partition coefficient (Wildman–Crippen LogP) is 3.35. The highest BCUT2D eigenvalue weighted by molar-refractivity contribution is 7.89. The van der Waals surface area contributed by atoms with Gasteiger partial charge in [0.15, 0.2) is 0 Å². The molecule has 0 aromatic heterocycles. The van der Waals surface area contributed by atoms with Gasteiger partial charge in [0.05, 0.1) is 17.0 Å². The number of sulfonamides is 1. The Morgan fingerprint density at radius 2 is 1.38 bits per heavy atom. The SMILES string of the molecule is CC(C)c1ccc([C@H](C)NC(=O)[C@H](C)NS(=O)(=O)c2ccccc2)cc1. The van der Waals surface area contributed by atoms with Crippen LogP contribution < -0.4 is 10.0 Å². The van der Waals surface area contributed by atoms with Crippen molar-refractivity contribution >= 4 is 15.9 Å². The number of hydrogen-bond acceptors (Lipinski definition) is 3. The van der Waals surface area contributed by atoms with Gasteiger partial charge < -0.3 is 5.32 Å². The van der Waals surface area contributed by atoms with Gasteiger partial charge in [0.25, 0.3) is 0 Å². The molecular formula is C20H26N2O3S. The molecule has 0 bridgehead atoms. The van der Waals surface area contributed by atoms with E-state index < -0.39 is 16.1 Å². The first-order valence-corrected chi connectivity index (χ1v) is 10.2. The van der Waals surface area contributed by atoms with Crippen molar-refractivity contribution in [1.29, 1.82) is 0 Å². The number of carbonyl (C=O) groups is 1. The first-order chi connectivity index (χ1) is 12.2. The van der Waals surface area contributed by atoms with Gasteiger partial charge in [-0.15, -0.1) is 0 Å². The van der Waals surface area contributed by atoms with E-state index in [2.05, 4.69) is 23.9 Å². The van der Waals surface area contributed by atoms with Crippen LogP contribution in [0.25, 0.3) is 0 Å². The zero-order valence-electron chi connectivity index (χ0n) is 15.6. The molecule has 0 unspecified atom stereocenters. The van der Waals surface area contributed by atoms with Crippen LogP contribution >= 0.6 is 0 Å². The Morgan fingerprint density at radius 3 is 1.92 bits per heavy atom. The first-order valence-electron chi connectivity index (χ1n) is 8.68. The Balaban J connectivity index is 2.00. The molecule has 0 aliphatic heterocycles. The Bertz CT molecular complexity index is 831. The molecule has 2 N–H and O–H groups in total. The maximum absolute atomic E-state index is 12.4. The third-order valence-corrected chi connectivity index (χ3v) is 5.80. The number of rotatable bonds is 7. The van der Waals surface area contributed by atoms with Crippen molar-refractivity contribution in [3.63, 3.8) is 0 Å². The molecule has 0 spiro atoms. The molecule has 2 aromatic rings. The molecule has 0 fully saturated rings. The third-order valence-electron chi connectivity index (χ3n) is 4.24. The predicted molar refractivity (Wildman–Crippen MR) is 103 cm³/mol. The van der Waals surface area contributed by atoms with Crippen molar-refractivity contribution in [3.05, 3.63) is 65.7 Å². The van der Waals surface area contributed by atoms with E-state index in [0.717, 1.165) is 5.56 Å². The molecule has 2 rings (SSSR count). The quantitative estimate of drug-likeness (QED) is 0.780. The molecule has 0 saturated heterocycles. The van der Waals surface area contributed by atoms with E-state index >= 15 is 0 Å². The lowest BCUT2D eigenvalue weighted by atomic mass is 9.99. The molecule has 1 amide bonds. The summed E-state index contributed by atoms with van der Waals surface area (Å²) in [7, 11) is -3.73. The maximum atomic E-state index is 12.4. The summed E-state index contributed by atoms with van der Waals surface area (Å²) in [6.45, 7) is 7.66. The summed E-state index contributed by atoms with van der Waals surface area (Å²) in [6, 6.07) is 15.0. The topological polar surface area (TPSA) is 75.3 Å². The number of benzene rings is 2.